The van der Waals surface area contributed by atoms with Crippen molar-refractivity contribution in [3.05, 3.63) is 47.5 Å². The van der Waals surface area contributed by atoms with Crippen molar-refractivity contribution in [2.24, 2.45) is 0 Å². The van der Waals surface area contributed by atoms with Crippen LogP contribution in [0.2, 0.25) is 5.02 Å². The summed E-state index contributed by atoms with van der Waals surface area (Å²) in [4.78, 5) is 21.3. The summed E-state index contributed by atoms with van der Waals surface area (Å²) in [6.07, 6.45) is 0. The molecule has 0 bridgehead atoms. The summed E-state index contributed by atoms with van der Waals surface area (Å²) in [5.41, 5.74) is 1.65. The van der Waals surface area contributed by atoms with Crippen molar-refractivity contribution in [3.8, 4) is 5.75 Å². The van der Waals surface area contributed by atoms with Crippen LogP contribution in [0.4, 0.5) is 15.6 Å². The van der Waals surface area contributed by atoms with Crippen molar-refractivity contribution in [2.75, 3.05) is 43.0 Å². The fourth-order valence-corrected chi connectivity index (χ4v) is 4.32. The van der Waals surface area contributed by atoms with Gasteiger partial charge in [-0.3, -0.25) is 0 Å². The van der Waals surface area contributed by atoms with E-state index in [4.69, 9.17) is 21.3 Å². The second-order valence-electron chi connectivity index (χ2n) is 6.44. The number of thiazole rings is 1. The Kier molecular flexibility index (Phi) is 5.54. The number of nitrogens with zero attached hydrogens (tertiary/aromatic N) is 3. The molecular weight excluding hydrogens is 396 g/mol. The molecule has 6 nitrogen and oxygen atoms in total. The number of rotatable bonds is 4. The maximum absolute atomic E-state index is 12.5. The zero-order valence-electron chi connectivity index (χ0n) is 15.5. The predicted molar refractivity (Wildman–Crippen MR) is 115 cm³/mol. The van der Waals surface area contributed by atoms with Gasteiger partial charge in [0, 0.05) is 36.9 Å². The third-order valence-corrected chi connectivity index (χ3v) is 5.94. The summed E-state index contributed by atoms with van der Waals surface area (Å²) in [5, 5.41) is 4.54. The Hall–Kier alpha value is -2.51. The molecular formula is C20H21ClN4O2S. The van der Waals surface area contributed by atoms with Gasteiger partial charge in [-0.15, -0.1) is 0 Å². The van der Waals surface area contributed by atoms with Crippen LogP contribution < -0.4 is 15.0 Å². The normalized spacial score (nSPS) is 14.4. The number of fused-ring (bicyclic) bond motifs is 1. The molecule has 3 aromatic rings. The van der Waals surface area contributed by atoms with Crippen LogP contribution in [0.15, 0.2) is 42.5 Å². The maximum atomic E-state index is 12.5. The first-order valence-corrected chi connectivity index (χ1v) is 10.4. The van der Waals surface area contributed by atoms with E-state index < -0.39 is 0 Å². The molecule has 0 unspecified atom stereocenters. The molecule has 0 aliphatic carbocycles. The molecule has 2 heterocycles. The Morgan fingerprint density at radius 3 is 2.64 bits per heavy atom. The second-order valence-corrected chi connectivity index (χ2v) is 7.89. The molecule has 0 atom stereocenters. The van der Waals surface area contributed by atoms with Gasteiger partial charge < -0.3 is 19.9 Å². The fourth-order valence-electron chi connectivity index (χ4n) is 3.16. The number of para-hydroxylation sites is 1. The molecule has 1 aromatic heterocycles. The highest BCUT2D eigenvalue weighted by molar-refractivity contribution is 7.22. The molecule has 1 aliphatic rings. The van der Waals surface area contributed by atoms with Crippen LogP contribution in [0.3, 0.4) is 0 Å². The maximum Gasteiger partial charge on any atom is 0.321 e. The molecule has 146 valence electrons. The van der Waals surface area contributed by atoms with Crippen molar-refractivity contribution >= 4 is 50.0 Å². The minimum atomic E-state index is -0.0927. The molecule has 0 saturated carbocycles. The van der Waals surface area contributed by atoms with Crippen molar-refractivity contribution < 1.29 is 9.53 Å². The number of hydrogen-bond donors (Lipinski definition) is 1. The van der Waals surface area contributed by atoms with Gasteiger partial charge in [-0.25, -0.2) is 9.78 Å². The lowest BCUT2D eigenvalue weighted by molar-refractivity contribution is 0.208. The lowest BCUT2D eigenvalue weighted by atomic mass is 10.3. The van der Waals surface area contributed by atoms with E-state index in [1.54, 1.807) is 35.6 Å². The number of urea groups is 1. The first-order valence-electron chi connectivity index (χ1n) is 9.23. The van der Waals surface area contributed by atoms with Crippen LogP contribution in [-0.2, 0) is 0 Å². The lowest BCUT2D eigenvalue weighted by Crippen LogP contribution is -2.50. The fraction of sp³-hybridized carbons (Fsp3) is 0.300. The van der Waals surface area contributed by atoms with Gasteiger partial charge >= 0.3 is 6.03 Å². The Balaban J connectivity index is 1.40. The molecule has 1 aliphatic heterocycles. The van der Waals surface area contributed by atoms with E-state index >= 15 is 0 Å². The summed E-state index contributed by atoms with van der Waals surface area (Å²) < 4.78 is 6.80. The Bertz CT molecular complexity index is 968. The smallest absolute Gasteiger partial charge is 0.321 e. The number of amides is 2. The van der Waals surface area contributed by atoms with E-state index in [0.29, 0.717) is 24.7 Å². The standard InChI is InChI=1S/C20H21ClN4O2S/c1-2-27-16-4-3-5-17-18(16)23-20(28-17)25-12-10-24(11-13-25)19(26)22-15-8-6-14(21)7-9-15/h3-9H,2,10-13H2,1H3,(H,22,26). The summed E-state index contributed by atoms with van der Waals surface area (Å²) in [5.74, 6) is 0.823. The zero-order valence-corrected chi connectivity index (χ0v) is 17.1. The highest BCUT2D eigenvalue weighted by Gasteiger charge is 2.23. The number of ether oxygens (including phenoxy) is 1. The first-order chi connectivity index (χ1) is 13.6. The second kappa shape index (κ2) is 8.24. The van der Waals surface area contributed by atoms with Crippen LogP contribution in [0.1, 0.15) is 6.92 Å². The van der Waals surface area contributed by atoms with Crippen LogP contribution in [0.25, 0.3) is 10.2 Å². The molecule has 1 saturated heterocycles. The molecule has 4 rings (SSSR count). The van der Waals surface area contributed by atoms with E-state index in [1.807, 2.05) is 24.0 Å². The van der Waals surface area contributed by atoms with Gasteiger partial charge in [-0.05, 0) is 43.3 Å². The number of carbonyl (C=O) groups is 1. The molecule has 0 spiro atoms. The van der Waals surface area contributed by atoms with Crippen LogP contribution >= 0.6 is 22.9 Å². The minimum Gasteiger partial charge on any atom is -0.492 e. The predicted octanol–water partition coefficient (Wildman–Crippen LogP) is 4.70. The third-order valence-electron chi connectivity index (χ3n) is 4.60. The monoisotopic (exact) mass is 416 g/mol. The van der Waals surface area contributed by atoms with Gasteiger partial charge in [0.25, 0.3) is 0 Å². The van der Waals surface area contributed by atoms with Gasteiger partial charge in [0.15, 0.2) is 5.13 Å². The third kappa shape index (κ3) is 4.00. The van der Waals surface area contributed by atoms with Crippen molar-refractivity contribution in [1.82, 2.24) is 9.88 Å². The van der Waals surface area contributed by atoms with Gasteiger partial charge in [0.05, 0.1) is 11.3 Å². The van der Waals surface area contributed by atoms with E-state index in [2.05, 4.69) is 16.3 Å². The summed E-state index contributed by atoms with van der Waals surface area (Å²) in [7, 11) is 0. The van der Waals surface area contributed by atoms with Crippen molar-refractivity contribution in [2.45, 2.75) is 6.92 Å². The van der Waals surface area contributed by atoms with Gasteiger partial charge in [-0.2, -0.15) is 0 Å². The number of anilines is 2. The molecule has 0 radical (unpaired) electrons. The Morgan fingerprint density at radius 1 is 1.18 bits per heavy atom. The quantitative estimate of drug-likeness (QED) is 0.669. The number of benzene rings is 2. The first kappa shape index (κ1) is 18.8. The van der Waals surface area contributed by atoms with Crippen molar-refractivity contribution in [3.63, 3.8) is 0 Å². The largest absolute Gasteiger partial charge is 0.492 e. The molecule has 28 heavy (non-hydrogen) atoms. The van der Waals surface area contributed by atoms with Gasteiger partial charge in [0.1, 0.15) is 11.3 Å². The average Bonchev–Trinajstić information content (AvgIpc) is 3.15. The van der Waals surface area contributed by atoms with Gasteiger partial charge in [0.2, 0.25) is 0 Å². The van der Waals surface area contributed by atoms with E-state index in [1.165, 1.54) is 0 Å². The molecule has 2 aromatic carbocycles. The Morgan fingerprint density at radius 2 is 1.93 bits per heavy atom. The topological polar surface area (TPSA) is 57.7 Å². The number of halogens is 1. The number of hydrogen-bond acceptors (Lipinski definition) is 5. The number of carbonyl (C=O) groups excluding carboxylic acids is 1. The zero-order chi connectivity index (χ0) is 19.5. The van der Waals surface area contributed by atoms with Crippen LogP contribution in [0, 0.1) is 0 Å². The molecule has 2 amide bonds. The average molecular weight is 417 g/mol. The van der Waals surface area contributed by atoms with E-state index in [0.717, 1.165) is 39.9 Å². The Labute approximate surface area is 172 Å². The summed E-state index contributed by atoms with van der Waals surface area (Å²) in [6.45, 7) is 5.38. The summed E-state index contributed by atoms with van der Waals surface area (Å²) in [6, 6.07) is 13.0. The molecule has 1 N–H and O–H groups in total. The molecule has 1 fully saturated rings. The summed E-state index contributed by atoms with van der Waals surface area (Å²) >= 11 is 7.55. The minimum absolute atomic E-state index is 0.0927. The van der Waals surface area contributed by atoms with E-state index in [-0.39, 0.29) is 6.03 Å². The van der Waals surface area contributed by atoms with Crippen LogP contribution in [0.5, 0.6) is 5.75 Å². The van der Waals surface area contributed by atoms with E-state index in [9.17, 15) is 4.79 Å². The van der Waals surface area contributed by atoms with Crippen LogP contribution in [-0.4, -0.2) is 48.7 Å². The number of piperazine rings is 1. The van der Waals surface area contributed by atoms with Gasteiger partial charge in [-0.1, -0.05) is 29.0 Å². The van der Waals surface area contributed by atoms with Crippen molar-refractivity contribution in [1.29, 1.82) is 0 Å². The molecule has 8 heteroatoms. The SMILES string of the molecule is CCOc1cccc2sc(N3CCN(C(=O)Nc4ccc(Cl)cc4)CC3)nc12. The number of aromatic nitrogens is 1. The lowest BCUT2D eigenvalue weighted by Gasteiger charge is -2.34. The highest BCUT2D eigenvalue weighted by atomic mass is 35.5. The number of nitrogens with one attached hydrogen (secondary N) is 1. The highest BCUT2D eigenvalue weighted by Crippen LogP contribution is 2.34.